The largest absolute Gasteiger partial charge is 0.361 e. The molecule has 7 heteroatoms. The lowest BCUT2D eigenvalue weighted by Gasteiger charge is -2.34. The van der Waals surface area contributed by atoms with Crippen molar-refractivity contribution >= 4 is 33.2 Å². The van der Waals surface area contributed by atoms with Crippen molar-refractivity contribution < 1.29 is 9.32 Å². The number of piperazine rings is 1. The first-order chi connectivity index (χ1) is 10.1. The summed E-state index contributed by atoms with van der Waals surface area (Å²) in [5, 5.41) is 3.80. The van der Waals surface area contributed by atoms with Crippen molar-refractivity contribution in [1.82, 2.24) is 15.0 Å². The Morgan fingerprint density at radius 1 is 1.38 bits per heavy atom. The molecule has 0 radical (unpaired) electrons. The average molecular weight is 370 g/mol. The van der Waals surface area contributed by atoms with Gasteiger partial charge in [-0.1, -0.05) is 5.16 Å². The number of thiophene rings is 1. The molecule has 3 rings (SSSR count). The third kappa shape index (κ3) is 3.53. The van der Waals surface area contributed by atoms with E-state index in [1.165, 1.54) is 4.88 Å². The van der Waals surface area contributed by atoms with Crippen LogP contribution >= 0.6 is 27.3 Å². The van der Waals surface area contributed by atoms with Crippen LogP contribution in [0, 0.1) is 6.92 Å². The van der Waals surface area contributed by atoms with Crippen LogP contribution in [0.1, 0.15) is 21.1 Å². The van der Waals surface area contributed by atoms with E-state index in [0.29, 0.717) is 11.5 Å². The number of amides is 1. The molecule has 1 amide bonds. The number of rotatable bonds is 3. The fourth-order valence-electron chi connectivity index (χ4n) is 2.40. The van der Waals surface area contributed by atoms with Gasteiger partial charge in [0.05, 0.1) is 3.79 Å². The molecule has 0 atom stereocenters. The second kappa shape index (κ2) is 6.29. The van der Waals surface area contributed by atoms with E-state index in [9.17, 15) is 4.79 Å². The number of hydrogen-bond donors (Lipinski definition) is 0. The summed E-state index contributed by atoms with van der Waals surface area (Å²) >= 11 is 5.24. The molecule has 0 unspecified atom stereocenters. The predicted molar refractivity (Wildman–Crippen MR) is 84.4 cm³/mol. The molecule has 112 valence electrons. The quantitative estimate of drug-likeness (QED) is 0.834. The molecule has 0 aliphatic carbocycles. The van der Waals surface area contributed by atoms with Gasteiger partial charge in [0.2, 0.25) is 0 Å². The Labute approximate surface area is 135 Å². The fourth-order valence-corrected chi connectivity index (χ4v) is 3.92. The fraction of sp³-hybridized carbons (Fsp3) is 0.429. The summed E-state index contributed by atoms with van der Waals surface area (Å²) in [5.41, 5.74) is 0.406. The highest BCUT2D eigenvalue weighted by Gasteiger charge is 2.24. The average Bonchev–Trinajstić information content (AvgIpc) is 3.08. The summed E-state index contributed by atoms with van der Waals surface area (Å²) in [4.78, 5) is 17.8. The lowest BCUT2D eigenvalue weighted by atomic mass is 10.2. The summed E-state index contributed by atoms with van der Waals surface area (Å²) < 4.78 is 6.13. The van der Waals surface area contributed by atoms with Crippen LogP contribution in [0.4, 0.5) is 0 Å². The van der Waals surface area contributed by atoms with Crippen molar-refractivity contribution in [2.24, 2.45) is 0 Å². The maximum Gasteiger partial charge on any atom is 0.276 e. The minimum Gasteiger partial charge on any atom is -0.361 e. The third-order valence-corrected chi connectivity index (χ3v) is 5.12. The smallest absolute Gasteiger partial charge is 0.276 e. The minimum absolute atomic E-state index is 0.0367. The van der Waals surface area contributed by atoms with Gasteiger partial charge in [-0.25, -0.2) is 0 Å². The van der Waals surface area contributed by atoms with Crippen molar-refractivity contribution in [1.29, 1.82) is 0 Å². The van der Waals surface area contributed by atoms with Crippen molar-refractivity contribution in [3.63, 3.8) is 0 Å². The van der Waals surface area contributed by atoms with E-state index in [1.54, 1.807) is 24.3 Å². The Kier molecular flexibility index (Phi) is 4.42. The van der Waals surface area contributed by atoms with Gasteiger partial charge in [0.25, 0.3) is 5.91 Å². The molecule has 2 aromatic heterocycles. The SMILES string of the molecule is Cc1cc(C(=O)N2CCN(Cc3ccc(Br)s3)CC2)no1. The number of aromatic nitrogens is 1. The highest BCUT2D eigenvalue weighted by atomic mass is 79.9. The summed E-state index contributed by atoms with van der Waals surface area (Å²) in [6.07, 6.45) is 0. The summed E-state index contributed by atoms with van der Waals surface area (Å²) in [6.45, 7) is 5.98. The van der Waals surface area contributed by atoms with E-state index >= 15 is 0 Å². The van der Waals surface area contributed by atoms with Crippen molar-refractivity contribution in [3.05, 3.63) is 38.3 Å². The van der Waals surface area contributed by atoms with Crippen LogP contribution in [0.3, 0.4) is 0 Å². The van der Waals surface area contributed by atoms with Crippen LogP contribution in [-0.2, 0) is 6.54 Å². The number of nitrogens with zero attached hydrogens (tertiary/aromatic N) is 3. The Bertz CT molecular complexity index is 632. The van der Waals surface area contributed by atoms with Gasteiger partial charge in [-0.2, -0.15) is 0 Å². The minimum atomic E-state index is -0.0367. The van der Waals surface area contributed by atoms with Gasteiger partial charge in [0, 0.05) is 43.7 Å². The van der Waals surface area contributed by atoms with Crippen LogP contribution in [0.25, 0.3) is 0 Å². The third-order valence-electron chi connectivity index (χ3n) is 3.51. The lowest BCUT2D eigenvalue weighted by Crippen LogP contribution is -2.48. The molecule has 0 bridgehead atoms. The first kappa shape index (κ1) is 14.7. The molecule has 1 fully saturated rings. The van der Waals surface area contributed by atoms with Gasteiger partial charge < -0.3 is 9.42 Å². The number of carbonyl (C=O) groups excluding carboxylic acids is 1. The van der Waals surface area contributed by atoms with Crippen LogP contribution < -0.4 is 0 Å². The van der Waals surface area contributed by atoms with E-state index in [1.807, 2.05) is 4.90 Å². The summed E-state index contributed by atoms with van der Waals surface area (Å²) in [6, 6.07) is 5.91. The molecule has 0 saturated carbocycles. The molecule has 21 heavy (non-hydrogen) atoms. The highest BCUT2D eigenvalue weighted by molar-refractivity contribution is 9.11. The zero-order valence-corrected chi connectivity index (χ0v) is 14.1. The monoisotopic (exact) mass is 369 g/mol. The molecule has 1 saturated heterocycles. The maximum absolute atomic E-state index is 12.3. The molecular formula is C14H16BrN3O2S. The predicted octanol–water partition coefficient (Wildman–Crippen LogP) is 2.77. The normalized spacial score (nSPS) is 16.4. The van der Waals surface area contributed by atoms with E-state index in [2.05, 4.69) is 38.1 Å². The first-order valence-corrected chi connectivity index (χ1v) is 8.42. The summed E-state index contributed by atoms with van der Waals surface area (Å²) in [7, 11) is 0. The van der Waals surface area contributed by atoms with Crippen molar-refractivity contribution in [2.45, 2.75) is 13.5 Å². The molecule has 1 aliphatic heterocycles. The van der Waals surface area contributed by atoms with Gasteiger partial charge in [0.1, 0.15) is 5.76 Å². The van der Waals surface area contributed by atoms with E-state index in [-0.39, 0.29) is 5.91 Å². The highest BCUT2D eigenvalue weighted by Crippen LogP contribution is 2.23. The molecule has 1 aliphatic rings. The molecule has 2 aromatic rings. The van der Waals surface area contributed by atoms with Gasteiger partial charge >= 0.3 is 0 Å². The van der Waals surface area contributed by atoms with Gasteiger partial charge in [0.15, 0.2) is 5.69 Å². The van der Waals surface area contributed by atoms with Gasteiger partial charge in [-0.3, -0.25) is 9.69 Å². The Balaban J connectivity index is 1.54. The number of carbonyl (C=O) groups is 1. The standard InChI is InChI=1S/C14H16BrN3O2S/c1-10-8-12(16-20-10)14(19)18-6-4-17(5-7-18)9-11-2-3-13(15)21-11/h2-3,8H,4-7,9H2,1H3. The molecule has 3 heterocycles. The van der Waals surface area contributed by atoms with E-state index < -0.39 is 0 Å². The summed E-state index contributed by atoms with van der Waals surface area (Å²) in [5.74, 6) is 0.630. The van der Waals surface area contributed by atoms with Gasteiger partial charge in [-0.05, 0) is 35.0 Å². The Morgan fingerprint density at radius 2 is 2.14 bits per heavy atom. The van der Waals surface area contributed by atoms with E-state index in [4.69, 9.17) is 4.52 Å². The number of halogens is 1. The lowest BCUT2D eigenvalue weighted by molar-refractivity contribution is 0.0619. The molecule has 0 spiro atoms. The van der Waals surface area contributed by atoms with Crippen LogP contribution in [-0.4, -0.2) is 47.0 Å². The molecule has 5 nitrogen and oxygen atoms in total. The topological polar surface area (TPSA) is 49.6 Å². The Morgan fingerprint density at radius 3 is 2.71 bits per heavy atom. The second-order valence-corrected chi connectivity index (χ2v) is 7.64. The first-order valence-electron chi connectivity index (χ1n) is 6.81. The van der Waals surface area contributed by atoms with Crippen LogP contribution in [0.5, 0.6) is 0 Å². The molecular weight excluding hydrogens is 354 g/mol. The van der Waals surface area contributed by atoms with Crippen molar-refractivity contribution in [2.75, 3.05) is 26.2 Å². The zero-order chi connectivity index (χ0) is 14.8. The van der Waals surface area contributed by atoms with Crippen LogP contribution in [0.2, 0.25) is 0 Å². The molecule has 0 N–H and O–H groups in total. The number of hydrogen-bond acceptors (Lipinski definition) is 5. The number of aryl methyl sites for hydroxylation is 1. The van der Waals surface area contributed by atoms with Crippen molar-refractivity contribution in [3.8, 4) is 0 Å². The van der Waals surface area contributed by atoms with Crippen LogP contribution in [0.15, 0.2) is 26.5 Å². The molecule has 0 aromatic carbocycles. The second-order valence-electron chi connectivity index (χ2n) is 5.10. The van der Waals surface area contributed by atoms with Gasteiger partial charge in [-0.15, -0.1) is 11.3 Å². The van der Waals surface area contributed by atoms with E-state index in [0.717, 1.165) is 36.5 Å². The Hall–Kier alpha value is -1.18. The zero-order valence-electron chi connectivity index (χ0n) is 11.7. The maximum atomic E-state index is 12.3.